The van der Waals surface area contributed by atoms with Crippen LogP contribution < -0.4 is 15.6 Å². The molecule has 0 aliphatic rings. The number of aromatic nitrogens is 2. The number of carbonyl (C=O) groups is 1. The van der Waals surface area contributed by atoms with Crippen molar-refractivity contribution in [1.82, 2.24) is 14.7 Å². The van der Waals surface area contributed by atoms with Crippen LogP contribution >= 0.6 is 0 Å². The van der Waals surface area contributed by atoms with E-state index in [2.05, 4.69) is 10.3 Å². The van der Waals surface area contributed by atoms with Crippen LogP contribution in [-0.2, 0) is 11.3 Å². The number of para-hydroxylation sites is 1. The smallest absolute Gasteiger partial charge is 0.269 e. The fraction of sp³-hybridized carbons (Fsp3) is 0.0400. The largest absolute Gasteiger partial charge is 0.438 e. The van der Waals surface area contributed by atoms with Crippen molar-refractivity contribution in [2.45, 2.75) is 6.54 Å². The summed E-state index contributed by atoms with van der Waals surface area (Å²) in [6, 6.07) is 25.2. The Labute approximate surface area is 183 Å². The molecule has 0 radical (unpaired) electrons. The van der Waals surface area contributed by atoms with Gasteiger partial charge in [-0.2, -0.15) is 10.2 Å². The summed E-state index contributed by atoms with van der Waals surface area (Å²) in [5, 5.41) is 12.3. The second-order valence-corrected chi connectivity index (χ2v) is 6.82. The van der Waals surface area contributed by atoms with Crippen LogP contribution in [0.15, 0.2) is 95.4 Å². The first-order valence-electron chi connectivity index (χ1n) is 9.84. The molecule has 0 saturated carbocycles. The van der Waals surface area contributed by atoms with Gasteiger partial charge in [-0.3, -0.25) is 14.0 Å². The Morgan fingerprint density at radius 1 is 1.03 bits per heavy atom. The van der Waals surface area contributed by atoms with E-state index < -0.39 is 11.5 Å². The number of nitrogens with one attached hydrogen (secondary N) is 1. The standard InChI is InChI=1S/C25H18N4O3/c26-16-19(23(30)27-17-18-9-3-1-4-10-18)15-21-24(32-20-11-5-2-6-12-20)28-22-13-7-8-14-29(22)25(21)31/h1-15H,17H2,(H,27,30)/b19-15+. The second kappa shape index (κ2) is 9.41. The second-order valence-electron chi connectivity index (χ2n) is 6.82. The topological polar surface area (TPSA) is 96.5 Å². The summed E-state index contributed by atoms with van der Waals surface area (Å²) >= 11 is 0. The lowest BCUT2D eigenvalue weighted by Crippen LogP contribution is -2.25. The number of amides is 1. The Kier molecular flexibility index (Phi) is 6.05. The molecular formula is C25H18N4O3. The SMILES string of the molecule is N#C/C(=C\c1c(Oc2ccccc2)nc2ccccn2c1=O)C(=O)NCc1ccccc1. The van der Waals surface area contributed by atoms with Crippen molar-refractivity contribution < 1.29 is 9.53 Å². The summed E-state index contributed by atoms with van der Waals surface area (Å²) in [7, 11) is 0. The average Bonchev–Trinajstić information content (AvgIpc) is 2.84. The summed E-state index contributed by atoms with van der Waals surface area (Å²) in [5.74, 6) is -0.114. The summed E-state index contributed by atoms with van der Waals surface area (Å²) in [6.07, 6.45) is 2.78. The van der Waals surface area contributed by atoms with E-state index in [-0.39, 0.29) is 23.6 Å². The van der Waals surface area contributed by atoms with Crippen molar-refractivity contribution >= 4 is 17.6 Å². The maximum atomic E-state index is 13.2. The van der Waals surface area contributed by atoms with Crippen molar-refractivity contribution in [3.05, 3.63) is 112 Å². The van der Waals surface area contributed by atoms with Crippen molar-refractivity contribution in [1.29, 1.82) is 5.26 Å². The van der Waals surface area contributed by atoms with E-state index in [4.69, 9.17) is 4.74 Å². The number of rotatable bonds is 6. The highest BCUT2D eigenvalue weighted by molar-refractivity contribution is 6.01. The quantitative estimate of drug-likeness (QED) is 0.377. The average molecular weight is 422 g/mol. The molecule has 32 heavy (non-hydrogen) atoms. The Morgan fingerprint density at radius 3 is 2.44 bits per heavy atom. The molecule has 7 nitrogen and oxygen atoms in total. The van der Waals surface area contributed by atoms with Gasteiger partial charge in [0, 0.05) is 12.7 Å². The predicted octanol–water partition coefficient (Wildman–Crippen LogP) is 3.71. The molecule has 1 N–H and O–H groups in total. The lowest BCUT2D eigenvalue weighted by Gasteiger charge is -2.10. The Morgan fingerprint density at radius 2 is 1.72 bits per heavy atom. The lowest BCUT2D eigenvalue weighted by molar-refractivity contribution is -0.117. The highest BCUT2D eigenvalue weighted by Crippen LogP contribution is 2.23. The molecule has 0 aliphatic carbocycles. The lowest BCUT2D eigenvalue weighted by atomic mass is 10.1. The van der Waals surface area contributed by atoms with Gasteiger partial charge in [0.05, 0.1) is 0 Å². The van der Waals surface area contributed by atoms with Crippen molar-refractivity contribution in [3.8, 4) is 17.7 Å². The number of fused-ring (bicyclic) bond motifs is 1. The summed E-state index contributed by atoms with van der Waals surface area (Å²) in [5.41, 5.74) is 0.592. The van der Waals surface area contributed by atoms with Crippen LogP contribution in [0.5, 0.6) is 11.6 Å². The molecule has 156 valence electrons. The van der Waals surface area contributed by atoms with Crippen molar-refractivity contribution in [3.63, 3.8) is 0 Å². The molecule has 0 atom stereocenters. The third-order valence-corrected chi connectivity index (χ3v) is 4.64. The number of hydrogen-bond acceptors (Lipinski definition) is 5. The molecule has 2 aromatic carbocycles. The molecule has 0 fully saturated rings. The van der Waals surface area contributed by atoms with E-state index in [0.29, 0.717) is 11.4 Å². The molecular weight excluding hydrogens is 404 g/mol. The summed E-state index contributed by atoms with van der Waals surface area (Å²) in [6.45, 7) is 0.251. The van der Waals surface area contributed by atoms with Crippen LogP contribution in [0.1, 0.15) is 11.1 Å². The van der Waals surface area contributed by atoms with Gasteiger partial charge in [0.1, 0.15) is 28.6 Å². The molecule has 0 aliphatic heterocycles. The monoisotopic (exact) mass is 422 g/mol. The Hall–Kier alpha value is -4.70. The number of pyridine rings is 1. The number of ether oxygens (including phenoxy) is 1. The maximum absolute atomic E-state index is 13.2. The van der Waals surface area contributed by atoms with Gasteiger partial charge in [0.2, 0.25) is 5.88 Å². The zero-order valence-electron chi connectivity index (χ0n) is 16.9. The number of carbonyl (C=O) groups excluding carboxylic acids is 1. The van der Waals surface area contributed by atoms with Crippen LogP contribution in [0.4, 0.5) is 0 Å². The summed E-state index contributed by atoms with van der Waals surface area (Å²) < 4.78 is 7.18. The summed E-state index contributed by atoms with van der Waals surface area (Å²) in [4.78, 5) is 30.2. The molecule has 0 unspecified atom stereocenters. The van der Waals surface area contributed by atoms with Gasteiger partial charge < -0.3 is 10.1 Å². The van der Waals surface area contributed by atoms with E-state index in [9.17, 15) is 14.9 Å². The molecule has 0 spiro atoms. The van der Waals surface area contributed by atoms with Crippen molar-refractivity contribution in [2.75, 3.05) is 0 Å². The molecule has 0 saturated heterocycles. The van der Waals surface area contributed by atoms with Crippen molar-refractivity contribution in [2.24, 2.45) is 0 Å². The molecule has 1 amide bonds. The number of nitriles is 1. The first-order chi connectivity index (χ1) is 15.7. The van der Waals surface area contributed by atoms with Gasteiger partial charge in [-0.05, 0) is 35.9 Å². The van der Waals surface area contributed by atoms with Gasteiger partial charge in [-0.25, -0.2) is 0 Å². The van der Waals surface area contributed by atoms with E-state index in [1.165, 1.54) is 10.5 Å². The van der Waals surface area contributed by atoms with E-state index in [0.717, 1.165) is 5.56 Å². The van der Waals surface area contributed by atoms with E-state index in [1.807, 2.05) is 42.5 Å². The third-order valence-electron chi connectivity index (χ3n) is 4.64. The van der Waals surface area contributed by atoms with Gasteiger partial charge in [-0.15, -0.1) is 0 Å². The van der Waals surface area contributed by atoms with Gasteiger partial charge in [0.15, 0.2) is 0 Å². The Bertz CT molecular complexity index is 1390. The third kappa shape index (κ3) is 4.55. The first-order valence-corrected chi connectivity index (χ1v) is 9.84. The van der Waals surface area contributed by atoms with Gasteiger partial charge in [-0.1, -0.05) is 54.6 Å². The Balaban J connectivity index is 1.73. The van der Waals surface area contributed by atoms with Crippen LogP contribution in [0.3, 0.4) is 0 Å². The van der Waals surface area contributed by atoms with Crippen LogP contribution in [0.2, 0.25) is 0 Å². The normalized spacial score (nSPS) is 11.0. The molecule has 7 heteroatoms. The van der Waals surface area contributed by atoms with Crippen LogP contribution in [0, 0.1) is 11.3 Å². The zero-order chi connectivity index (χ0) is 22.3. The molecule has 4 aromatic rings. The van der Waals surface area contributed by atoms with Gasteiger partial charge in [0.25, 0.3) is 11.5 Å². The molecule has 4 rings (SSSR count). The molecule has 0 bridgehead atoms. The molecule has 2 heterocycles. The number of hydrogen-bond donors (Lipinski definition) is 1. The van der Waals surface area contributed by atoms with E-state index >= 15 is 0 Å². The minimum Gasteiger partial charge on any atom is -0.438 e. The number of nitrogens with zero attached hydrogens (tertiary/aromatic N) is 3. The maximum Gasteiger partial charge on any atom is 0.269 e. The minimum atomic E-state index is -0.598. The van der Waals surface area contributed by atoms with Crippen LogP contribution in [0.25, 0.3) is 11.7 Å². The molecule has 2 aromatic heterocycles. The minimum absolute atomic E-state index is 0.00367. The highest BCUT2D eigenvalue weighted by Gasteiger charge is 2.17. The highest BCUT2D eigenvalue weighted by atomic mass is 16.5. The van der Waals surface area contributed by atoms with E-state index in [1.54, 1.807) is 48.7 Å². The predicted molar refractivity (Wildman–Crippen MR) is 120 cm³/mol. The fourth-order valence-corrected chi connectivity index (χ4v) is 3.05. The fourth-order valence-electron chi connectivity index (χ4n) is 3.05. The van der Waals surface area contributed by atoms with Crippen LogP contribution in [-0.4, -0.2) is 15.3 Å². The zero-order valence-corrected chi connectivity index (χ0v) is 16.9. The first kappa shape index (κ1) is 20.6. The number of benzene rings is 2. The van der Waals surface area contributed by atoms with Gasteiger partial charge >= 0.3 is 0 Å².